The lowest BCUT2D eigenvalue weighted by atomic mass is 9.96. The molecule has 0 aliphatic carbocycles. The van der Waals surface area contributed by atoms with E-state index < -0.39 is 11.6 Å². The van der Waals surface area contributed by atoms with Crippen LogP contribution in [0.25, 0.3) is 0 Å². The Kier molecular flexibility index (Phi) is 4.93. The molecule has 0 aromatic rings. The highest BCUT2D eigenvalue weighted by Gasteiger charge is 2.29. The number of urea groups is 1. The number of aldehydes is 1. The molecule has 5 heteroatoms. The summed E-state index contributed by atoms with van der Waals surface area (Å²) in [5.74, 6) is 0. The van der Waals surface area contributed by atoms with Crippen molar-refractivity contribution in [2.75, 3.05) is 7.05 Å². The summed E-state index contributed by atoms with van der Waals surface area (Å²) in [4.78, 5) is 22.5. The summed E-state index contributed by atoms with van der Waals surface area (Å²) >= 11 is 0. The van der Waals surface area contributed by atoms with Crippen molar-refractivity contribution >= 4 is 12.3 Å². The van der Waals surface area contributed by atoms with Gasteiger partial charge in [-0.2, -0.15) is 0 Å². The van der Waals surface area contributed by atoms with Crippen LogP contribution < -0.4 is 16.0 Å². The lowest BCUT2D eigenvalue weighted by Crippen LogP contribution is -2.60. The van der Waals surface area contributed by atoms with Crippen molar-refractivity contribution in [1.29, 1.82) is 0 Å². The number of rotatable bonds is 4. The molecule has 0 saturated carbocycles. The van der Waals surface area contributed by atoms with E-state index in [9.17, 15) is 9.59 Å². The summed E-state index contributed by atoms with van der Waals surface area (Å²) in [6.45, 7) is 9.34. The average Bonchev–Trinajstić information content (AvgIpc) is 2.11. The zero-order valence-electron chi connectivity index (χ0n) is 11.0. The Balaban J connectivity index is 4.46. The average molecular weight is 229 g/mol. The molecule has 1 unspecified atom stereocenters. The highest BCUT2D eigenvalue weighted by molar-refractivity contribution is 5.79. The van der Waals surface area contributed by atoms with Crippen molar-refractivity contribution in [3.63, 3.8) is 0 Å². The second-order valence-electron chi connectivity index (χ2n) is 5.43. The third-order valence-corrected chi connectivity index (χ3v) is 2.33. The monoisotopic (exact) mass is 229 g/mol. The van der Waals surface area contributed by atoms with E-state index in [0.29, 0.717) is 0 Å². The number of nitrogens with one attached hydrogen (secondary N) is 3. The van der Waals surface area contributed by atoms with Gasteiger partial charge in [0.1, 0.15) is 12.3 Å². The quantitative estimate of drug-likeness (QED) is 0.620. The van der Waals surface area contributed by atoms with Gasteiger partial charge in [0.05, 0.1) is 0 Å². The second-order valence-corrected chi connectivity index (χ2v) is 5.43. The molecule has 0 aliphatic heterocycles. The van der Waals surface area contributed by atoms with Crippen LogP contribution in [0.2, 0.25) is 0 Å². The van der Waals surface area contributed by atoms with Gasteiger partial charge in [0, 0.05) is 11.1 Å². The van der Waals surface area contributed by atoms with Crippen molar-refractivity contribution in [1.82, 2.24) is 16.0 Å². The van der Waals surface area contributed by atoms with Crippen LogP contribution in [0, 0.1) is 0 Å². The predicted molar refractivity (Wildman–Crippen MR) is 64.4 cm³/mol. The molecule has 16 heavy (non-hydrogen) atoms. The van der Waals surface area contributed by atoms with E-state index in [4.69, 9.17) is 0 Å². The zero-order chi connectivity index (χ0) is 13.0. The molecule has 0 aliphatic rings. The minimum atomic E-state index is -0.570. The number of amides is 2. The first-order valence-electron chi connectivity index (χ1n) is 5.35. The third kappa shape index (κ3) is 5.11. The second kappa shape index (κ2) is 5.30. The Morgan fingerprint density at radius 3 is 2.00 bits per heavy atom. The molecule has 94 valence electrons. The first-order valence-corrected chi connectivity index (χ1v) is 5.35. The lowest BCUT2D eigenvalue weighted by Gasteiger charge is -2.32. The smallest absolute Gasteiger partial charge is 0.315 e. The van der Waals surface area contributed by atoms with Crippen molar-refractivity contribution < 1.29 is 9.59 Å². The molecule has 0 heterocycles. The maximum Gasteiger partial charge on any atom is 0.315 e. The molecule has 0 aromatic carbocycles. The fourth-order valence-corrected chi connectivity index (χ4v) is 1.06. The maximum atomic E-state index is 11.6. The number of likely N-dealkylation sites (N-methyl/N-ethyl adjacent to an activating group) is 1. The maximum absolute atomic E-state index is 11.6. The van der Waals surface area contributed by atoms with Gasteiger partial charge in [0.25, 0.3) is 0 Å². The van der Waals surface area contributed by atoms with Gasteiger partial charge in [0.15, 0.2) is 0 Å². The molecule has 0 bridgehead atoms. The highest BCUT2D eigenvalue weighted by atomic mass is 16.2. The van der Waals surface area contributed by atoms with Gasteiger partial charge in [-0.3, -0.25) is 0 Å². The Labute approximate surface area is 97.4 Å². The largest absolute Gasteiger partial charge is 0.334 e. The first-order chi connectivity index (χ1) is 7.12. The van der Waals surface area contributed by atoms with Gasteiger partial charge in [0.2, 0.25) is 0 Å². The molecule has 0 rings (SSSR count). The van der Waals surface area contributed by atoms with Crippen molar-refractivity contribution in [2.24, 2.45) is 0 Å². The predicted octanol–water partition coefficient (Wildman–Crippen LogP) is 0.650. The molecule has 2 amide bonds. The van der Waals surface area contributed by atoms with E-state index in [1.165, 1.54) is 0 Å². The summed E-state index contributed by atoms with van der Waals surface area (Å²) in [6, 6.07) is -0.909. The summed E-state index contributed by atoms with van der Waals surface area (Å²) in [5, 5.41) is 8.36. The van der Waals surface area contributed by atoms with E-state index >= 15 is 0 Å². The summed E-state index contributed by atoms with van der Waals surface area (Å²) in [5.41, 5.74) is -0.793. The minimum absolute atomic E-state index is 0.318. The van der Waals surface area contributed by atoms with Crippen LogP contribution in [0.3, 0.4) is 0 Å². The van der Waals surface area contributed by atoms with Crippen molar-refractivity contribution in [3.05, 3.63) is 0 Å². The van der Waals surface area contributed by atoms with Crippen LogP contribution in [0.15, 0.2) is 0 Å². The van der Waals surface area contributed by atoms with Gasteiger partial charge in [-0.25, -0.2) is 4.79 Å². The number of hydrogen-bond acceptors (Lipinski definition) is 3. The molecule has 0 radical (unpaired) electrons. The van der Waals surface area contributed by atoms with E-state index in [2.05, 4.69) is 16.0 Å². The summed E-state index contributed by atoms with van der Waals surface area (Å²) in [7, 11) is 1.75. The minimum Gasteiger partial charge on any atom is -0.334 e. The van der Waals surface area contributed by atoms with E-state index in [0.717, 1.165) is 6.29 Å². The van der Waals surface area contributed by atoms with E-state index in [-0.39, 0.29) is 11.6 Å². The van der Waals surface area contributed by atoms with Crippen LogP contribution >= 0.6 is 0 Å². The van der Waals surface area contributed by atoms with Crippen LogP contribution in [0.5, 0.6) is 0 Å². The van der Waals surface area contributed by atoms with Gasteiger partial charge in [-0.05, 0) is 41.7 Å². The molecular weight excluding hydrogens is 206 g/mol. The normalized spacial score (nSPS) is 14.1. The zero-order valence-corrected chi connectivity index (χ0v) is 11.0. The van der Waals surface area contributed by atoms with E-state index in [1.807, 2.05) is 34.6 Å². The molecule has 0 aromatic heterocycles. The van der Waals surface area contributed by atoms with Gasteiger partial charge in [-0.1, -0.05) is 0 Å². The molecule has 0 saturated heterocycles. The Morgan fingerprint density at radius 1 is 1.19 bits per heavy atom. The molecule has 1 atom stereocenters. The van der Waals surface area contributed by atoms with Gasteiger partial charge >= 0.3 is 6.03 Å². The molecule has 0 fully saturated rings. The van der Waals surface area contributed by atoms with E-state index in [1.54, 1.807) is 7.05 Å². The van der Waals surface area contributed by atoms with Crippen LogP contribution in [0.1, 0.15) is 34.6 Å². The van der Waals surface area contributed by atoms with Gasteiger partial charge < -0.3 is 20.7 Å². The standard InChI is InChI=1S/C11H23N3O2/c1-10(2,3)14-9(16)13-8(7-15)11(4,5)12-6/h7-8,12H,1-6H3,(H2,13,14,16). The van der Waals surface area contributed by atoms with Crippen molar-refractivity contribution in [2.45, 2.75) is 51.7 Å². The van der Waals surface area contributed by atoms with Crippen LogP contribution in [0.4, 0.5) is 4.79 Å². The number of carbonyl (C=O) groups is 2. The Hall–Kier alpha value is -1.10. The van der Waals surface area contributed by atoms with Crippen LogP contribution in [-0.4, -0.2) is 36.5 Å². The number of carbonyl (C=O) groups excluding carboxylic acids is 2. The fraction of sp³-hybridized carbons (Fsp3) is 0.818. The number of hydrogen-bond donors (Lipinski definition) is 3. The summed E-state index contributed by atoms with van der Waals surface area (Å²) in [6.07, 6.45) is 0.735. The van der Waals surface area contributed by atoms with Crippen molar-refractivity contribution in [3.8, 4) is 0 Å². The Bertz CT molecular complexity index is 256. The Morgan fingerprint density at radius 2 is 1.69 bits per heavy atom. The molecule has 0 spiro atoms. The summed E-state index contributed by atoms with van der Waals surface area (Å²) < 4.78 is 0. The molecule has 3 N–H and O–H groups in total. The fourth-order valence-electron chi connectivity index (χ4n) is 1.06. The van der Waals surface area contributed by atoms with Gasteiger partial charge in [-0.15, -0.1) is 0 Å². The molecular formula is C11H23N3O2. The lowest BCUT2D eigenvalue weighted by molar-refractivity contribution is -0.110. The first kappa shape index (κ1) is 14.9. The highest BCUT2D eigenvalue weighted by Crippen LogP contribution is 2.06. The topological polar surface area (TPSA) is 70.2 Å². The van der Waals surface area contributed by atoms with Crippen LogP contribution in [-0.2, 0) is 4.79 Å². The SMILES string of the molecule is CNC(C)(C)C(C=O)NC(=O)NC(C)(C)C. The third-order valence-electron chi connectivity index (χ3n) is 2.33. The molecule has 5 nitrogen and oxygen atoms in total.